The Morgan fingerprint density at radius 2 is 1.67 bits per heavy atom. The number of ether oxygens (including phenoxy) is 1. The van der Waals surface area contributed by atoms with Crippen molar-refractivity contribution in [3.05, 3.63) is 0 Å². The summed E-state index contributed by atoms with van der Waals surface area (Å²) < 4.78 is 4.46. The third-order valence-electron chi connectivity index (χ3n) is 1.85. The Labute approximate surface area is 68.6 Å². The Bertz CT molecular complexity index is 146. The molecule has 1 heterocycles. The van der Waals surface area contributed by atoms with Crippen molar-refractivity contribution in [1.29, 1.82) is 0 Å². The fourth-order valence-corrected chi connectivity index (χ4v) is 1.07. The van der Waals surface area contributed by atoms with Gasteiger partial charge in [-0.2, -0.15) is 0 Å². The predicted octanol–water partition coefficient (Wildman–Crippen LogP) is -3.85. The first-order chi connectivity index (χ1) is 5.57. The van der Waals surface area contributed by atoms with Gasteiger partial charge in [0.25, 0.3) is 0 Å². The first kappa shape index (κ1) is 9.85. The smallest absolute Gasteiger partial charge is 0.111 e. The molecule has 0 aliphatic carbocycles. The third-order valence-corrected chi connectivity index (χ3v) is 1.85. The van der Waals surface area contributed by atoms with Gasteiger partial charge in [-0.15, -0.1) is 0 Å². The highest BCUT2D eigenvalue weighted by Crippen LogP contribution is 2.17. The molecular weight excluding hydrogens is 168 g/mol. The summed E-state index contributed by atoms with van der Waals surface area (Å²) >= 11 is 0. The minimum Gasteiger partial charge on any atom is -0.829 e. The van der Waals surface area contributed by atoms with E-state index in [0.717, 1.165) is 0 Å². The van der Waals surface area contributed by atoms with Crippen molar-refractivity contribution in [1.82, 2.24) is 0 Å². The van der Waals surface area contributed by atoms with Gasteiger partial charge in [-0.1, -0.05) is 0 Å². The van der Waals surface area contributed by atoms with Crippen molar-refractivity contribution in [3.63, 3.8) is 0 Å². The monoisotopic (exact) mass is 179 g/mol. The van der Waals surface area contributed by atoms with Crippen LogP contribution in [-0.4, -0.2) is 57.7 Å². The maximum atomic E-state index is 10.7. The Balaban J connectivity index is 2.63. The molecule has 0 spiro atoms. The van der Waals surface area contributed by atoms with Crippen LogP contribution in [0.15, 0.2) is 0 Å². The van der Waals surface area contributed by atoms with Gasteiger partial charge in [-0.25, -0.2) is 0 Å². The quantitative estimate of drug-likeness (QED) is 0.328. The Hall–Kier alpha value is -0.240. The number of aliphatic hydroxyl groups excluding tert-OH is 4. The van der Waals surface area contributed by atoms with Crippen molar-refractivity contribution in [3.8, 4) is 0 Å². The van der Waals surface area contributed by atoms with E-state index in [1.165, 1.54) is 0 Å². The van der Waals surface area contributed by atoms with E-state index < -0.39 is 37.3 Å². The molecule has 0 amide bonds. The summed E-state index contributed by atoms with van der Waals surface area (Å²) in [6, 6.07) is 0. The highest BCUT2D eigenvalue weighted by molar-refractivity contribution is 4.87. The molecule has 0 aromatic carbocycles. The van der Waals surface area contributed by atoms with Gasteiger partial charge in [0, 0.05) is 6.29 Å². The molecule has 0 radical (unpaired) electrons. The van der Waals surface area contributed by atoms with Crippen LogP contribution in [-0.2, 0) is 4.74 Å². The van der Waals surface area contributed by atoms with Crippen molar-refractivity contribution in [2.75, 3.05) is 6.61 Å². The maximum absolute atomic E-state index is 10.7. The lowest BCUT2D eigenvalue weighted by molar-refractivity contribution is -0.532. The molecule has 1 fully saturated rings. The molecule has 0 unspecified atom stereocenters. The van der Waals surface area contributed by atoms with E-state index >= 15 is 0 Å². The van der Waals surface area contributed by atoms with Crippen LogP contribution in [0.1, 0.15) is 0 Å². The molecule has 1 aliphatic rings. The second-order valence-electron chi connectivity index (χ2n) is 2.70. The fraction of sp³-hybridized carbons (Fsp3) is 1.00. The molecule has 1 rings (SSSR count). The zero-order valence-electron chi connectivity index (χ0n) is 6.20. The van der Waals surface area contributed by atoms with Crippen molar-refractivity contribution in [2.24, 2.45) is 0 Å². The summed E-state index contributed by atoms with van der Waals surface area (Å²) in [5.41, 5.74) is 0. The predicted molar refractivity (Wildman–Crippen MR) is 33.8 cm³/mol. The lowest BCUT2D eigenvalue weighted by Gasteiger charge is -2.43. The Kier molecular flexibility index (Phi) is 2.99. The van der Waals surface area contributed by atoms with Gasteiger partial charge in [0.05, 0.1) is 12.7 Å². The van der Waals surface area contributed by atoms with Crippen LogP contribution < -0.4 is 5.11 Å². The normalized spacial score (nSPS) is 49.2. The summed E-state index contributed by atoms with van der Waals surface area (Å²) in [4.78, 5) is 0. The van der Waals surface area contributed by atoms with Crippen LogP contribution in [0.5, 0.6) is 0 Å². The molecule has 1 saturated heterocycles. The van der Waals surface area contributed by atoms with Gasteiger partial charge in [-0.3, -0.25) is 0 Å². The van der Waals surface area contributed by atoms with E-state index in [-0.39, 0.29) is 0 Å². The molecule has 0 bridgehead atoms. The highest BCUT2D eigenvalue weighted by atomic mass is 16.6. The van der Waals surface area contributed by atoms with Crippen molar-refractivity contribution < 1.29 is 30.3 Å². The van der Waals surface area contributed by atoms with Gasteiger partial charge in [-0.05, 0) is 0 Å². The van der Waals surface area contributed by atoms with Crippen LogP contribution in [0.4, 0.5) is 0 Å². The van der Waals surface area contributed by atoms with Crippen LogP contribution in [0, 0.1) is 0 Å². The largest absolute Gasteiger partial charge is 0.829 e. The fourth-order valence-electron chi connectivity index (χ4n) is 1.07. The molecular formula is C6H11O6-. The minimum atomic E-state index is -1.82. The van der Waals surface area contributed by atoms with E-state index in [0.29, 0.717) is 0 Å². The molecule has 4 N–H and O–H groups in total. The van der Waals surface area contributed by atoms with Crippen molar-refractivity contribution in [2.45, 2.75) is 30.7 Å². The van der Waals surface area contributed by atoms with E-state index in [2.05, 4.69) is 4.74 Å². The van der Waals surface area contributed by atoms with Crippen LogP contribution in [0.3, 0.4) is 0 Å². The van der Waals surface area contributed by atoms with E-state index in [1.807, 2.05) is 0 Å². The third kappa shape index (κ3) is 1.58. The Morgan fingerprint density at radius 3 is 2.17 bits per heavy atom. The van der Waals surface area contributed by atoms with Crippen molar-refractivity contribution >= 4 is 0 Å². The van der Waals surface area contributed by atoms with Gasteiger partial charge < -0.3 is 30.3 Å². The van der Waals surface area contributed by atoms with Gasteiger partial charge >= 0.3 is 0 Å². The number of aliphatic hydroxyl groups is 4. The number of hydrogen-bond acceptors (Lipinski definition) is 6. The lowest BCUT2D eigenvalue weighted by Crippen LogP contribution is -2.62. The zero-order valence-corrected chi connectivity index (χ0v) is 6.20. The van der Waals surface area contributed by atoms with Crippen LogP contribution in [0.2, 0.25) is 0 Å². The molecule has 72 valence electrons. The zero-order chi connectivity index (χ0) is 9.30. The molecule has 6 nitrogen and oxygen atoms in total. The van der Waals surface area contributed by atoms with Gasteiger partial charge in [0.2, 0.25) is 0 Å². The summed E-state index contributed by atoms with van der Waals surface area (Å²) in [6.45, 7) is -0.566. The molecule has 6 heteroatoms. The van der Waals surface area contributed by atoms with Crippen LogP contribution >= 0.6 is 0 Å². The highest BCUT2D eigenvalue weighted by Gasteiger charge is 2.38. The molecule has 0 aromatic heterocycles. The average Bonchev–Trinajstić information content (AvgIpc) is 2.08. The molecule has 5 atom stereocenters. The van der Waals surface area contributed by atoms with E-state index in [1.54, 1.807) is 0 Å². The summed E-state index contributed by atoms with van der Waals surface area (Å²) in [5, 5.41) is 46.3. The van der Waals surface area contributed by atoms with E-state index in [9.17, 15) is 5.11 Å². The molecule has 0 saturated carbocycles. The summed E-state index contributed by atoms with van der Waals surface area (Å²) in [6.07, 6.45) is -7.57. The topological polar surface area (TPSA) is 113 Å². The maximum Gasteiger partial charge on any atom is 0.111 e. The SMILES string of the molecule is [O-][C@H]1O[C@H](CO)[C@@H](O)[C@H](O)[C@@H]1O. The number of hydrogen-bond donors (Lipinski definition) is 4. The van der Waals surface area contributed by atoms with Gasteiger partial charge in [0.15, 0.2) is 0 Å². The summed E-state index contributed by atoms with van der Waals surface area (Å²) in [5.74, 6) is 0. The molecule has 1 aliphatic heterocycles. The van der Waals surface area contributed by atoms with Gasteiger partial charge in [0.1, 0.15) is 18.3 Å². The standard InChI is InChI=1S/C6H11O6/c7-1-2-3(8)4(9)5(10)6(11)12-2/h2-10H,1H2/q-1/t2-,3-,4+,5+,6+/m1/s1. The second-order valence-corrected chi connectivity index (χ2v) is 2.70. The number of rotatable bonds is 1. The average molecular weight is 179 g/mol. The van der Waals surface area contributed by atoms with Crippen LogP contribution in [0.25, 0.3) is 0 Å². The second kappa shape index (κ2) is 3.65. The summed E-state index contributed by atoms with van der Waals surface area (Å²) in [7, 11) is 0. The van der Waals surface area contributed by atoms with E-state index in [4.69, 9.17) is 20.4 Å². The Morgan fingerprint density at radius 1 is 1.08 bits per heavy atom. The minimum absolute atomic E-state index is 0.566. The first-order valence-corrected chi connectivity index (χ1v) is 3.54. The lowest BCUT2D eigenvalue weighted by atomic mass is 10.00. The first-order valence-electron chi connectivity index (χ1n) is 3.54. The molecule has 12 heavy (non-hydrogen) atoms. The molecule has 0 aromatic rings.